The molecular weight excluding hydrogens is 392 g/mol. The fourth-order valence-electron chi connectivity index (χ4n) is 3.39. The zero-order valence-electron chi connectivity index (χ0n) is 16.0. The third-order valence-corrected chi connectivity index (χ3v) is 7.17. The Morgan fingerprint density at radius 3 is 2.79 bits per heavy atom. The maximum absolute atomic E-state index is 13.1. The van der Waals surface area contributed by atoms with E-state index in [4.69, 9.17) is 4.52 Å². The third-order valence-electron chi connectivity index (χ3n) is 4.87. The van der Waals surface area contributed by atoms with Crippen molar-refractivity contribution in [1.82, 2.24) is 15.0 Å². The summed E-state index contributed by atoms with van der Waals surface area (Å²) in [6.07, 6.45) is 0. The minimum absolute atomic E-state index is 0.132. The van der Waals surface area contributed by atoms with Crippen LogP contribution in [0.25, 0.3) is 0 Å². The Kier molecular flexibility index (Phi) is 6.39. The van der Waals surface area contributed by atoms with E-state index in [-0.39, 0.29) is 5.91 Å². The van der Waals surface area contributed by atoms with Crippen molar-refractivity contribution < 1.29 is 9.32 Å². The maximum atomic E-state index is 13.1. The molecule has 0 bridgehead atoms. The topological polar surface area (TPSA) is 61.9 Å². The Morgan fingerprint density at radius 2 is 2.07 bits per heavy atom. The van der Waals surface area contributed by atoms with Crippen molar-refractivity contribution >= 4 is 33.8 Å². The molecule has 0 radical (unpaired) electrons. The highest BCUT2D eigenvalue weighted by molar-refractivity contribution is 8.38. The van der Waals surface area contributed by atoms with Gasteiger partial charge in [-0.25, -0.2) is 0 Å². The zero-order chi connectivity index (χ0) is 19.3. The van der Waals surface area contributed by atoms with Gasteiger partial charge in [-0.3, -0.25) is 14.7 Å². The molecule has 2 aromatic rings. The molecule has 1 amide bonds. The van der Waals surface area contributed by atoms with Gasteiger partial charge in [-0.1, -0.05) is 46.9 Å². The lowest BCUT2D eigenvalue weighted by atomic mass is 10.1. The van der Waals surface area contributed by atoms with Crippen LogP contribution < -0.4 is 0 Å². The summed E-state index contributed by atoms with van der Waals surface area (Å²) in [6.45, 7) is 6.73. The minimum Gasteiger partial charge on any atom is -0.360 e. The predicted molar refractivity (Wildman–Crippen MR) is 115 cm³/mol. The molecule has 1 fully saturated rings. The van der Waals surface area contributed by atoms with Crippen molar-refractivity contribution in [2.75, 3.05) is 38.5 Å². The molecule has 0 N–H and O–H groups in total. The first-order valence-corrected chi connectivity index (χ1v) is 11.5. The van der Waals surface area contributed by atoms with Gasteiger partial charge in [-0.15, -0.1) is 0 Å². The molecule has 0 spiro atoms. The molecule has 148 valence electrons. The molecule has 1 aromatic heterocycles. The lowest BCUT2D eigenvalue weighted by molar-refractivity contribution is 0.0616. The molecule has 1 aromatic carbocycles. The average Bonchev–Trinajstić information content (AvgIpc) is 3.38. The van der Waals surface area contributed by atoms with E-state index in [9.17, 15) is 4.79 Å². The van der Waals surface area contributed by atoms with E-state index in [0.29, 0.717) is 0 Å². The van der Waals surface area contributed by atoms with Crippen LogP contribution in [0.4, 0.5) is 0 Å². The summed E-state index contributed by atoms with van der Waals surface area (Å²) >= 11 is 3.54. The van der Waals surface area contributed by atoms with Gasteiger partial charge in [0.1, 0.15) is 4.38 Å². The van der Waals surface area contributed by atoms with Gasteiger partial charge in [0.15, 0.2) is 5.76 Å². The SMILES string of the molecule is Cc1cc(CN2CCN(C(=O)c3ccccc3CSC3=NCCS3)CC2)on1. The summed E-state index contributed by atoms with van der Waals surface area (Å²) in [5.74, 6) is 2.87. The van der Waals surface area contributed by atoms with Crippen molar-refractivity contribution in [1.29, 1.82) is 0 Å². The van der Waals surface area contributed by atoms with Gasteiger partial charge in [0.25, 0.3) is 5.91 Å². The first-order valence-electron chi connectivity index (χ1n) is 9.51. The molecule has 0 atom stereocenters. The lowest BCUT2D eigenvalue weighted by Crippen LogP contribution is -2.48. The summed E-state index contributed by atoms with van der Waals surface area (Å²) in [5.41, 5.74) is 2.81. The monoisotopic (exact) mass is 416 g/mol. The number of aromatic nitrogens is 1. The van der Waals surface area contributed by atoms with Crippen LogP contribution >= 0.6 is 23.5 Å². The standard InChI is InChI=1S/C20H24N4O2S2/c1-15-12-17(26-22-15)13-23-7-9-24(10-8-23)19(25)18-5-3-2-4-16(18)14-28-20-21-6-11-27-20/h2-5,12H,6-11,13-14H2,1H3. The first-order chi connectivity index (χ1) is 13.7. The van der Waals surface area contributed by atoms with Crippen molar-refractivity contribution in [3.63, 3.8) is 0 Å². The number of rotatable bonds is 5. The highest BCUT2D eigenvalue weighted by atomic mass is 32.2. The van der Waals surface area contributed by atoms with E-state index in [2.05, 4.69) is 21.1 Å². The first kappa shape index (κ1) is 19.5. The quantitative estimate of drug-likeness (QED) is 0.745. The fraction of sp³-hybridized carbons (Fsp3) is 0.450. The van der Waals surface area contributed by atoms with Gasteiger partial charge in [0.05, 0.1) is 18.8 Å². The Bertz CT molecular complexity index is 859. The average molecular weight is 417 g/mol. The van der Waals surface area contributed by atoms with Crippen LogP contribution in [0.1, 0.15) is 27.4 Å². The second kappa shape index (κ2) is 9.15. The summed E-state index contributed by atoms with van der Waals surface area (Å²) in [6, 6.07) is 9.94. The van der Waals surface area contributed by atoms with E-state index in [1.807, 2.05) is 36.1 Å². The molecule has 8 heteroatoms. The number of nitrogens with zero attached hydrogens (tertiary/aromatic N) is 4. The Hall–Kier alpha value is -1.77. The van der Waals surface area contributed by atoms with Gasteiger partial charge in [-0.05, 0) is 18.6 Å². The summed E-state index contributed by atoms with van der Waals surface area (Å²) < 4.78 is 6.45. The van der Waals surface area contributed by atoms with Gasteiger partial charge in [0, 0.05) is 49.3 Å². The van der Waals surface area contributed by atoms with Crippen molar-refractivity contribution in [2.45, 2.75) is 19.2 Å². The van der Waals surface area contributed by atoms with E-state index in [0.717, 1.165) is 77.7 Å². The highest BCUT2D eigenvalue weighted by Crippen LogP contribution is 2.27. The van der Waals surface area contributed by atoms with E-state index in [1.165, 1.54) is 0 Å². The summed E-state index contributed by atoms with van der Waals surface area (Å²) in [4.78, 5) is 21.9. The molecule has 4 rings (SSSR count). The largest absolute Gasteiger partial charge is 0.360 e. The number of carbonyl (C=O) groups excluding carboxylic acids is 1. The normalized spacial score (nSPS) is 17.8. The third kappa shape index (κ3) is 4.79. The molecule has 0 aliphatic carbocycles. The summed E-state index contributed by atoms with van der Waals surface area (Å²) in [7, 11) is 0. The molecule has 3 heterocycles. The number of carbonyl (C=O) groups is 1. The van der Waals surface area contributed by atoms with Gasteiger partial charge < -0.3 is 9.42 Å². The Labute approximate surface area is 173 Å². The number of piperazine rings is 1. The van der Waals surface area contributed by atoms with E-state index < -0.39 is 0 Å². The minimum atomic E-state index is 0.132. The summed E-state index contributed by atoms with van der Waals surface area (Å²) in [5, 5.41) is 3.94. The number of hydrogen-bond donors (Lipinski definition) is 0. The molecular formula is C20H24N4O2S2. The molecule has 0 saturated carbocycles. The van der Waals surface area contributed by atoms with Gasteiger partial charge in [-0.2, -0.15) is 0 Å². The van der Waals surface area contributed by atoms with Crippen LogP contribution in [0.5, 0.6) is 0 Å². The van der Waals surface area contributed by atoms with E-state index >= 15 is 0 Å². The molecule has 2 aliphatic rings. The van der Waals surface area contributed by atoms with Crippen LogP contribution in [0.3, 0.4) is 0 Å². The fourth-order valence-corrected chi connectivity index (χ4v) is 5.40. The van der Waals surface area contributed by atoms with Crippen LogP contribution in [0.15, 0.2) is 39.8 Å². The Morgan fingerprint density at radius 1 is 1.25 bits per heavy atom. The zero-order valence-corrected chi connectivity index (χ0v) is 17.6. The number of aliphatic imine (C=N–C) groups is 1. The lowest BCUT2D eigenvalue weighted by Gasteiger charge is -2.34. The molecule has 6 nitrogen and oxygen atoms in total. The second-order valence-electron chi connectivity index (χ2n) is 6.94. The van der Waals surface area contributed by atoms with Crippen LogP contribution in [-0.2, 0) is 12.3 Å². The molecule has 0 unspecified atom stereocenters. The van der Waals surface area contributed by atoms with Gasteiger partial charge >= 0.3 is 0 Å². The smallest absolute Gasteiger partial charge is 0.254 e. The van der Waals surface area contributed by atoms with Crippen LogP contribution in [0.2, 0.25) is 0 Å². The van der Waals surface area contributed by atoms with Crippen molar-refractivity contribution in [3.05, 3.63) is 52.9 Å². The van der Waals surface area contributed by atoms with Crippen LogP contribution in [0, 0.1) is 6.92 Å². The number of aryl methyl sites for hydroxylation is 1. The van der Waals surface area contributed by atoms with Gasteiger partial charge in [0.2, 0.25) is 0 Å². The molecule has 28 heavy (non-hydrogen) atoms. The number of thioether (sulfide) groups is 2. The predicted octanol–water partition coefficient (Wildman–Crippen LogP) is 3.28. The molecule has 1 saturated heterocycles. The number of amides is 1. The highest BCUT2D eigenvalue weighted by Gasteiger charge is 2.24. The molecule has 2 aliphatic heterocycles. The van der Waals surface area contributed by atoms with Crippen molar-refractivity contribution in [2.24, 2.45) is 4.99 Å². The Balaban J connectivity index is 1.34. The maximum Gasteiger partial charge on any atom is 0.254 e. The van der Waals surface area contributed by atoms with Crippen molar-refractivity contribution in [3.8, 4) is 0 Å². The number of benzene rings is 1. The van der Waals surface area contributed by atoms with Crippen LogP contribution in [-0.4, -0.2) is 63.7 Å². The number of hydrogen-bond acceptors (Lipinski definition) is 7. The second-order valence-corrected chi connectivity index (χ2v) is 9.25. The van der Waals surface area contributed by atoms with E-state index in [1.54, 1.807) is 23.5 Å².